The van der Waals surface area contributed by atoms with Crippen LogP contribution in [0.2, 0.25) is 0 Å². The summed E-state index contributed by atoms with van der Waals surface area (Å²) in [5.74, 6) is 0.116. The number of hydrogen-bond donors (Lipinski definition) is 0. The van der Waals surface area contributed by atoms with Gasteiger partial charge in [-0.3, -0.25) is 4.79 Å². The van der Waals surface area contributed by atoms with Gasteiger partial charge in [0, 0.05) is 25.3 Å². The highest BCUT2D eigenvalue weighted by molar-refractivity contribution is 7.91. The van der Waals surface area contributed by atoms with Crippen molar-refractivity contribution < 1.29 is 13.2 Å². The van der Waals surface area contributed by atoms with Crippen molar-refractivity contribution in [2.45, 2.75) is 57.2 Å². The molecular formula is C12H23NO3S. The van der Waals surface area contributed by atoms with E-state index in [4.69, 9.17) is 0 Å². The zero-order valence-electron chi connectivity index (χ0n) is 11.0. The predicted octanol–water partition coefficient (Wildman–Crippen LogP) is 1.60. The highest BCUT2D eigenvalue weighted by Crippen LogP contribution is 2.22. The molecule has 4 nitrogen and oxygen atoms in total. The van der Waals surface area contributed by atoms with Gasteiger partial charge in [-0.05, 0) is 26.2 Å². The predicted molar refractivity (Wildman–Crippen MR) is 68.6 cm³/mol. The van der Waals surface area contributed by atoms with Crippen molar-refractivity contribution in [1.82, 2.24) is 4.90 Å². The molecule has 17 heavy (non-hydrogen) atoms. The van der Waals surface area contributed by atoms with Gasteiger partial charge in [0.1, 0.15) is 0 Å². The first-order chi connectivity index (χ1) is 7.88. The molecule has 0 aromatic rings. The second-order valence-corrected chi connectivity index (χ2v) is 7.34. The van der Waals surface area contributed by atoms with E-state index in [1.165, 1.54) is 6.26 Å². The number of carbonyl (C=O) groups is 1. The minimum atomic E-state index is -3.09. The zero-order chi connectivity index (χ0) is 13.1. The Morgan fingerprint density at radius 2 is 2.00 bits per heavy atom. The fraction of sp³-hybridized carbons (Fsp3) is 0.917. The Morgan fingerprint density at radius 1 is 1.35 bits per heavy atom. The molecule has 5 heteroatoms. The molecule has 0 aliphatic carbocycles. The minimum Gasteiger partial charge on any atom is -0.338 e. The fourth-order valence-electron chi connectivity index (χ4n) is 2.40. The molecule has 0 aromatic heterocycles. The smallest absolute Gasteiger partial charge is 0.222 e. The summed E-state index contributed by atoms with van der Waals surface area (Å²) in [6.07, 6.45) is 5.41. The van der Waals surface area contributed by atoms with Crippen molar-refractivity contribution in [3.05, 3.63) is 0 Å². The van der Waals surface area contributed by atoms with Crippen molar-refractivity contribution in [1.29, 1.82) is 0 Å². The lowest BCUT2D eigenvalue weighted by Gasteiger charge is -2.37. The summed E-state index contributed by atoms with van der Waals surface area (Å²) in [6.45, 7) is 4.46. The van der Waals surface area contributed by atoms with Crippen LogP contribution < -0.4 is 0 Å². The van der Waals surface area contributed by atoms with Crippen molar-refractivity contribution >= 4 is 15.7 Å². The van der Waals surface area contributed by atoms with E-state index in [1.807, 2.05) is 6.92 Å². The van der Waals surface area contributed by atoms with Gasteiger partial charge in [-0.1, -0.05) is 13.3 Å². The first-order valence-corrected chi connectivity index (χ1v) is 8.31. The highest BCUT2D eigenvalue weighted by atomic mass is 32.2. The van der Waals surface area contributed by atoms with Crippen LogP contribution in [-0.2, 0) is 14.6 Å². The number of nitrogens with zero attached hydrogens (tertiary/aromatic N) is 1. The number of sulfone groups is 1. The zero-order valence-corrected chi connectivity index (χ0v) is 11.8. The van der Waals surface area contributed by atoms with Gasteiger partial charge in [0.05, 0.1) is 5.25 Å². The molecule has 0 N–H and O–H groups in total. The number of likely N-dealkylation sites (tertiary alicyclic amines) is 1. The van der Waals surface area contributed by atoms with E-state index >= 15 is 0 Å². The molecular weight excluding hydrogens is 238 g/mol. The Morgan fingerprint density at radius 3 is 2.47 bits per heavy atom. The summed E-state index contributed by atoms with van der Waals surface area (Å²) in [6, 6.07) is -0.150. The topological polar surface area (TPSA) is 54.5 Å². The van der Waals surface area contributed by atoms with E-state index in [0.29, 0.717) is 13.0 Å². The van der Waals surface area contributed by atoms with Crippen LogP contribution in [0.1, 0.15) is 46.0 Å². The van der Waals surface area contributed by atoms with Crippen molar-refractivity contribution in [3.63, 3.8) is 0 Å². The van der Waals surface area contributed by atoms with Crippen LogP contribution in [0, 0.1) is 0 Å². The quantitative estimate of drug-likeness (QED) is 0.755. The van der Waals surface area contributed by atoms with Gasteiger partial charge in [0.25, 0.3) is 0 Å². The summed E-state index contributed by atoms with van der Waals surface area (Å²) in [4.78, 5) is 13.7. The number of rotatable bonds is 5. The standard InChI is InChI=1S/C12H23NO3S/c1-4-7-11(10(2)17(3,15)16)13-9-6-5-8-12(13)14/h10-11H,4-9H2,1-3H3/t10-,11+/m1/s1. The second kappa shape index (κ2) is 5.85. The highest BCUT2D eigenvalue weighted by Gasteiger charge is 2.33. The molecule has 1 fully saturated rings. The van der Waals surface area contributed by atoms with Crippen LogP contribution in [0.3, 0.4) is 0 Å². The van der Waals surface area contributed by atoms with Gasteiger partial charge in [-0.15, -0.1) is 0 Å². The monoisotopic (exact) mass is 261 g/mol. The molecule has 0 bridgehead atoms. The van der Waals surface area contributed by atoms with Crippen molar-refractivity contribution in [2.24, 2.45) is 0 Å². The lowest BCUT2D eigenvalue weighted by molar-refractivity contribution is -0.135. The van der Waals surface area contributed by atoms with E-state index in [0.717, 1.165) is 25.7 Å². The molecule has 1 amide bonds. The lowest BCUT2D eigenvalue weighted by Crippen LogP contribution is -2.50. The van der Waals surface area contributed by atoms with Gasteiger partial charge in [-0.2, -0.15) is 0 Å². The third kappa shape index (κ3) is 3.69. The van der Waals surface area contributed by atoms with Crippen LogP contribution in [0.4, 0.5) is 0 Å². The minimum absolute atomic E-state index is 0.116. The normalized spacial score (nSPS) is 21.4. The number of carbonyl (C=O) groups excluding carboxylic acids is 1. The van der Waals surface area contributed by atoms with E-state index in [2.05, 4.69) is 0 Å². The molecule has 1 heterocycles. The molecule has 1 aliphatic rings. The molecule has 100 valence electrons. The molecule has 0 aromatic carbocycles. The Bertz CT molecular complexity index is 364. The van der Waals surface area contributed by atoms with Crippen LogP contribution in [0.25, 0.3) is 0 Å². The maximum atomic E-state index is 11.9. The SMILES string of the molecule is CCC[C@@H]([C@@H](C)S(C)(=O)=O)N1CCCCC1=O. The molecule has 1 aliphatic heterocycles. The lowest BCUT2D eigenvalue weighted by atomic mass is 10.0. The number of hydrogen-bond acceptors (Lipinski definition) is 3. The van der Waals surface area contributed by atoms with E-state index in [9.17, 15) is 13.2 Å². The second-order valence-electron chi connectivity index (χ2n) is 4.93. The summed E-state index contributed by atoms with van der Waals surface area (Å²) in [5.41, 5.74) is 0. The molecule has 2 atom stereocenters. The van der Waals surface area contributed by atoms with E-state index < -0.39 is 15.1 Å². The Balaban J connectivity index is 2.87. The van der Waals surface area contributed by atoms with Gasteiger partial charge in [0.2, 0.25) is 5.91 Å². The molecule has 0 spiro atoms. The third-order valence-corrected chi connectivity index (χ3v) is 5.23. The van der Waals surface area contributed by atoms with Gasteiger partial charge in [-0.25, -0.2) is 8.42 Å². The Kier molecular flexibility index (Phi) is 4.98. The van der Waals surface area contributed by atoms with Crippen LogP contribution in [-0.4, -0.2) is 43.3 Å². The molecule has 0 unspecified atom stereocenters. The maximum Gasteiger partial charge on any atom is 0.222 e. The molecule has 0 saturated carbocycles. The van der Waals surface area contributed by atoms with Gasteiger partial charge < -0.3 is 4.90 Å². The summed E-state index contributed by atoms with van der Waals surface area (Å²) >= 11 is 0. The van der Waals surface area contributed by atoms with Crippen molar-refractivity contribution in [3.8, 4) is 0 Å². The summed E-state index contributed by atoms with van der Waals surface area (Å²) in [7, 11) is -3.09. The largest absolute Gasteiger partial charge is 0.338 e. The molecule has 1 saturated heterocycles. The first kappa shape index (κ1) is 14.5. The first-order valence-electron chi connectivity index (χ1n) is 6.36. The number of amides is 1. The van der Waals surface area contributed by atoms with Crippen LogP contribution in [0.5, 0.6) is 0 Å². The average molecular weight is 261 g/mol. The van der Waals surface area contributed by atoms with Crippen molar-refractivity contribution in [2.75, 3.05) is 12.8 Å². The fourth-order valence-corrected chi connectivity index (χ4v) is 3.26. The van der Waals surface area contributed by atoms with Crippen LogP contribution in [0.15, 0.2) is 0 Å². The van der Waals surface area contributed by atoms with Crippen LogP contribution >= 0.6 is 0 Å². The summed E-state index contributed by atoms with van der Waals surface area (Å²) in [5, 5.41) is -0.468. The average Bonchev–Trinajstić information content (AvgIpc) is 2.25. The van der Waals surface area contributed by atoms with Gasteiger partial charge in [0.15, 0.2) is 9.84 Å². The van der Waals surface area contributed by atoms with Gasteiger partial charge >= 0.3 is 0 Å². The van der Waals surface area contributed by atoms with E-state index in [1.54, 1.807) is 11.8 Å². The Hall–Kier alpha value is -0.580. The van der Waals surface area contributed by atoms with E-state index in [-0.39, 0.29) is 11.9 Å². The maximum absolute atomic E-state index is 11.9. The third-order valence-electron chi connectivity index (χ3n) is 3.56. The summed E-state index contributed by atoms with van der Waals surface area (Å²) < 4.78 is 23.3. The molecule has 1 rings (SSSR count). The number of piperidine rings is 1. The Labute approximate surface area is 104 Å². The molecule has 0 radical (unpaired) electrons.